The van der Waals surface area contributed by atoms with Gasteiger partial charge in [-0.25, -0.2) is 4.98 Å². The molecule has 19 heavy (non-hydrogen) atoms. The van der Waals surface area contributed by atoms with Crippen molar-refractivity contribution >= 4 is 5.82 Å². The topological polar surface area (TPSA) is 57.4 Å². The fourth-order valence-electron chi connectivity index (χ4n) is 1.54. The van der Waals surface area contributed by atoms with E-state index in [9.17, 15) is 0 Å². The van der Waals surface area contributed by atoms with Gasteiger partial charge in [0.25, 0.3) is 0 Å². The maximum Gasteiger partial charge on any atom is 0.123 e. The Balaban J connectivity index is 1.87. The molecule has 100 valence electrons. The summed E-state index contributed by atoms with van der Waals surface area (Å²) in [4.78, 5) is 4.02. The number of rotatable bonds is 6. The molecule has 0 unspecified atom stereocenters. The number of pyridine rings is 1. The molecule has 2 rings (SSSR count). The van der Waals surface area contributed by atoms with Gasteiger partial charge in [0.2, 0.25) is 0 Å². The molecular weight excluding hydrogens is 240 g/mol. The van der Waals surface area contributed by atoms with Crippen molar-refractivity contribution in [1.82, 2.24) is 4.98 Å². The summed E-state index contributed by atoms with van der Waals surface area (Å²) in [7, 11) is 0. The number of hydrogen-bond donors (Lipinski definition) is 1. The van der Waals surface area contributed by atoms with Crippen LogP contribution in [0.2, 0.25) is 0 Å². The van der Waals surface area contributed by atoms with Gasteiger partial charge in [0.05, 0.1) is 6.61 Å². The van der Waals surface area contributed by atoms with E-state index in [0.717, 1.165) is 30.1 Å². The van der Waals surface area contributed by atoms with Crippen LogP contribution < -0.4 is 15.2 Å². The van der Waals surface area contributed by atoms with Crippen LogP contribution in [0.25, 0.3) is 0 Å². The number of anilines is 1. The molecule has 0 amide bonds. The normalized spacial score (nSPS) is 10.2. The first kappa shape index (κ1) is 13.2. The molecule has 4 nitrogen and oxygen atoms in total. The molecule has 0 radical (unpaired) electrons. The number of nitrogens with zero attached hydrogens (tertiary/aromatic N) is 1. The quantitative estimate of drug-likeness (QED) is 0.865. The van der Waals surface area contributed by atoms with E-state index in [1.54, 1.807) is 12.3 Å². The Morgan fingerprint density at radius 2 is 1.68 bits per heavy atom. The second kappa shape index (κ2) is 6.64. The minimum Gasteiger partial charge on any atom is -0.494 e. The third kappa shape index (κ3) is 4.17. The summed E-state index contributed by atoms with van der Waals surface area (Å²) in [5.41, 5.74) is 6.51. The lowest BCUT2D eigenvalue weighted by Gasteiger charge is -2.08. The molecule has 1 aromatic carbocycles. The number of nitrogens with two attached hydrogens (primary N) is 1. The predicted octanol–water partition coefficient (Wildman–Crippen LogP) is 3.03. The Morgan fingerprint density at radius 3 is 2.26 bits per heavy atom. The van der Waals surface area contributed by atoms with Crippen LogP contribution in [-0.2, 0) is 6.61 Å². The Labute approximate surface area is 113 Å². The van der Waals surface area contributed by atoms with E-state index < -0.39 is 0 Å². The number of nitrogen functional groups attached to an aromatic ring is 1. The fraction of sp³-hybridized carbons (Fsp3) is 0.267. The summed E-state index contributed by atoms with van der Waals surface area (Å²) in [6.45, 7) is 3.29. The first-order valence-corrected chi connectivity index (χ1v) is 6.34. The van der Waals surface area contributed by atoms with Crippen LogP contribution in [0.15, 0.2) is 42.6 Å². The van der Waals surface area contributed by atoms with Crippen LogP contribution in [0.5, 0.6) is 11.5 Å². The molecule has 2 aromatic rings. The lowest BCUT2D eigenvalue weighted by atomic mass is 10.3. The minimum absolute atomic E-state index is 0.475. The van der Waals surface area contributed by atoms with Crippen LogP contribution in [0.1, 0.15) is 18.9 Å². The van der Waals surface area contributed by atoms with Crippen molar-refractivity contribution in [3.63, 3.8) is 0 Å². The zero-order valence-corrected chi connectivity index (χ0v) is 11.0. The first-order chi connectivity index (χ1) is 9.28. The Morgan fingerprint density at radius 1 is 1.00 bits per heavy atom. The number of benzene rings is 1. The molecule has 0 spiro atoms. The van der Waals surface area contributed by atoms with Crippen molar-refractivity contribution in [1.29, 1.82) is 0 Å². The second-order valence-corrected chi connectivity index (χ2v) is 4.20. The number of aromatic nitrogens is 1. The Kier molecular flexibility index (Phi) is 4.61. The summed E-state index contributed by atoms with van der Waals surface area (Å²) >= 11 is 0. The molecule has 0 aliphatic rings. The minimum atomic E-state index is 0.475. The van der Waals surface area contributed by atoms with Gasteiger partial charge in [-0.3, -0.25) is 0 Å². The maximum absolute atomic E-state index is 5.66. The maximum atomic E-state index is 5.66. The van der Waals surface area contributed by atoms with Crippen molar-refractivity contribution in [2.24, 2.45) is 0 Å². The number of ether oxygens (including phenoxy) is 2. The van der Waals surface area contributed by atoms with E-state index in [2.05, 4.69) is 11.9 Å². The lowest BCUT2D eigenvalue weighted by Crippen LogP contribution is -1.98. The van der Waals surface area contributed by atoms with Crippen molar-refractivity contribution in [2.45, 2.75) is 20.0 Å². The van der Waals surface area contributed by atoms with E-state index in [-0.39, 0.29) is 0 Å². The van der Waals surface area contributed by atoms with Crippen molar-refractivity contribution < 1.29 is 9.47 Å². The average Bonchev–Trinajstić information content (AvgIpc) is 2.46. The van der Waals surface area contributed by atoms with E-state index in [0.29, 0.717) is 12.4 Å². The highest BCUT2D eigenvalue weighted by molar-refractivity contribution is 5.32. The Bertz CT molecular complexity index is 495. The third-order valence-corrected chi connectivity index (χ3v) is 2.55. The van der Waals surface area contributed by atoms with Crippen LogP contribution in [0.4, 0.5) is 5.82 Å². The standard InChI is InChI=1S/C15H18N2O2/c1-2-9-18-13-4-6-14(7-5-13)19-11-12-3-8-15(16)17-10-12/h3-8,10H,2,9,11H2,1H3,(H2,16,17). The van der Waals surface area contributed by atoms with Gasteiger partial charge >= 0.3 is 0 Å². The van der Waals surface area contributed by atoms with E-state index in [1.165, 1.54) is 0 Å². The van der Waals surface area contributed by atoms with Gasteiger partial charge in [-0.15, -0.1) is 0 Å². The third-order valence-electron chi connectivity index (χ3n) is 2.55. The summed E-state index contributed by atoms with van der Waals surface area (Å²) in [6.07, 6.45) is 2.72. The largest absolute Gasteiger partial charge is 0.494 e. The van der Waals surface area contributed by atoms with Gasteiger partial charge < -0.3 is 15.2 Å². The summed E-state index contributed by atoms with van der Waals surface area (Å²) < 4.78 is 11.2. The smallest absolute Gasteiger partial charge is 0.123 e. The molecule has 1 aromatic heterocycles. The van der Waals surface area contributed by atoms with Gasteiger partial charge in [0.15, 0.2) is 0 Å². The second-order valence-electron chi connectivity index (χ2n) is 4.20. The molecular formula is C15H18N2O2. The predicted molar refractivity (Wildman–Crippen MR) is 75.2 cm³/mol. The lowest BCUT2D eigenvalue weighted by molar-refractivity contribution is 0.301. The molecule has 0 bridgehead atoms. The molecule has 2 N–H and O–H groups in total. The Hall–Kier alpha value is -2.23. The van der Waals surface area contributed by atoms with E-state index in [1.807, 2.05) is 30.3 Å². The summed E-state index contributed by atoms with van der Waals surface area (Å²) in [6, 6.07) is 11.3. The van der Waals surface area contributed by atoms with Gasteiger partial charge in [0, 0.05) is 11.8 Å². The zero-order chi connectivity index (χ0) is 13.5. The van der Waals surface area contributed by atoms with Gasteiger partial charge in [0.1, 0.15) is 23.9 Å². The van der Waals surface area contributed by atoms with Gasteiger partial charge in [-0.05, 0) is 36.8 Å². The summed E-state index contributed by atoms with van der Waals surface area (Å²) in [5, 5.41) is 0. The van der Waals surface area contributed by atoms with Crippen LogP contribution in [-0.4, -0.2) is 11.6 Å². The number of hydrogen-bond acceptors (Lipinski definition) is 4. The molecule has 0 fully saturated rings. The molecule has 0 aliphatic heterocycles. The van der Waals surface area contributed by atoms with Crippen LogP contribution in [0.3, 0.4) is 0 Å². The van der Waals surface area contributed by atoms with Crippen molar-refractivity contribution in [3.8, 4) is 11.5 Å². The van der Waals surface area contributed by atoms with Gasteiger partial charge in [-0.1, -0.05) is 13.0 Å². The highest BCUT2D eigenvalue weighted by atomic mass is 16.5. The first-order valence-electron chi connectivity index (χ1n) is 6.34. The molecule has 4 heteroatoms. The zero-order valence-electron chi connectivity index (χ0n) is 11.0. The van der Waals surface area contributed by atoms with Crippen LogP contribution in [0, 0.1) is 0 Å². The highest BCUT2D eigenvalue weighted by Gasteiger charge is 1.98. The van der Waals surface area contributed by atoms with Crippen molar-refractivity contribution in [3.05, 3.63) is 48.2 Å². The monoisotopic (exact) mass is 258 g/mol. The molecule has 0 atom stereocenters. The van der Waals surface area contributed by atoms with E-state index >= 15 is 0 Å². The van der Waals surface area contributed by atoms with Crippen molar-refractivity contribution in [2.75, 3.05) is 12.3 Å². The molecule has 0 saturated carbocycles. The highest BCUT2D eigenvalue weighted by Crippen LogP contribution is 2.18. The molecule has 1 heterocycles. The van der Waals surface area contributed by atoms with Crippen LogP contribution >= 0.6 is 0 Å². The SMILES string of the molecule is CCCOc1ccc(OCc2ccc(N)nc2)cc1. The fourth-order valence-corrected chi connectivity index (χ4v) is 1.54. The van der Waals surface area contributed by atoms with E-state index in [4.69, 9.17) is 15.2 Å². The average molecular weight is 258 g/mol. The summed E-state index contributed by atoms with van der Waals surface area (Å²) in [5.74, 6) is 2.19. The van der Waals surface area contributed by atoms with Gasteiger partial charge in [-0.2, -0.15) is 0 Å². The molecule has 0 saturated heterocycles. The molecule has 0 aliphatic carbocycles.